The van der Waals surface area contributed by atoms with Crippen molar-refractivity contribution in [1.82, 2.24) is 5.32 Å². The number of nitrogens with one attached hydrogen (secondary N) is 1. The third kappa shape index (κ3) is 1.80. The molecule has 0 saturated carbocycles. The van der Waals surface area contributed by atoms with E-state index in [1.54, 1.807) is 5.56 Å². The summed E-state index contributed by atoms with van der Waals surface area (Å²) >= 11 is 0. The molecule has 1 aromatic rings. The van der Waals surface area contributed by atoms with Crippen molar-refractivity contribution in [3.05, 3.63) is 35.4 Å². The average Bonchev–Trinajstić information content (AvgIpc) is 2.64. The van der Waals surface area contributed by atoms with Crippen LogP contribution in [0, 0.1) is 0 Å². The normalized spacial score (nSPS) is 29.8. The standard InChI is InChI=1S/C15H21NO/c1-11(16-13-9-17-10-13)15(2)8-7-12-5-3-4-6-14(12)15/h3-6,11,13,16H,7-10H2,1-2H3. The van der Waals surface area contributed by atoms with Gasteiger partial charge in [-0.15, -0.1) is 0 Å². The third-order valence-electron chi connectivity index (χ3n) is 4.63. The molecular weight excluding hydrogens is 210 g/mol. The lowest BCUT2D eigenvalue weighted by Crippen LogP contribution is -2.55. The van der Waals surface area contributed by atoms with Crippen molar-refractivity contribution >= 4 is 0 Å². The Balaban J connectivity index is 1.81. The van der Waals surface area contributed by atoms with Crippen molar-refractivity contribution in [3.63, 3.8) is 0 Å². The highest BCUT2D eigenvalue weighted by atomic mass is 16.5. The second-order valence-electron chi connectivity index (χ2n) is 5.70. The Kier molecular flexibility index (Phi) is 2.72. The molecule has 1 aliphatic heterocycles. The van der Waals surface area contributed by atoms with Crippen LogP contribution in [0.2, 0.25) is 0 Å². The maximum absolute atomic E-state index is 5.24. The monoisotopic (exact) mass is 231 g/mol. The molecule has 92 valence electrons. The van der Waals surface area contributed by atoms with Crippen LogP contribution in [0.1, 0.15) is 31.4 Å². The number of aryl methyl sites for hydroxylation is 1. The lowest BCUT2D eigenvalue weighted by Gasteiger charge is -2.38. The van der Waals surface area contributed by atoms with Crippen molar-refractivity contribution in [2.24, 2.45) is 0 Å². The number of hydrogen-bond acceptors (Lipinski definition) is 2. The fourth-order valence-corrected chi connectivity index (χ4v) is 3.14. The summed E-state index contributed by atoms with van der Waals surface area (Å²) in [5, 5.41) is 3.71. The largest absolute Gasteiger partial charge is 0.378 e. The molecule has 0 bridgehead atoms. The lowest BCUT2D eigenvalue weighted by molar-refractivity contribution is -0.0131. The Morgan fingerprint density at radius 1 is 1.35 bits per heavy atom. The van der Waals surface area contributed by atoms with Gasteiger partial charge in [0.2, 0.25) is 0 Å². The van der Waals surface area contributed by atoms with Crippen LogP contribution in [-0.2, 0) is 16.6 Å². The average molecular weight is 231 g/mol. The predicted molar refractivity (Wildman–Crippen MR) is 69.3 cm³/mol. The van der Waals surface area contributed by atoms with Gasteiger partial charge in [0.05, 0.1) is 19.3 Å². The van der Waals surface area contributed by atoms with Gasteiger partial charge in [-0.1, -0.05) is 31.2 Å². The van der Waals surface area contributed by atoms with Gasteiger partial charge in [0, 0.05) is 11.5 Å². The first-order chi connectivity index (χ1) is 8.20. The molecular formula is C15H21NO. The van der Waals surface area contributed by atoms with Gasteiger partial charge in [-0.25, -0.2) is 0 Å². The van der Waals surface area contributed by atoms with Crippen LogP contribution in [0.5, 0.6) is 0 Å². The Hall–Kier alpha value is -0.860. The van der Waals surface area contributed by atoms with E-state index in [1.165, 1.54) is 18.4 Å². The van der Waals surface area contributed by atoms with E-state index < -0.39 is 0 Å². The van der Waals surface area contributed by atoms with Crippen molar-refractivity contribution in [1.29, 1.82) is 0 Å². The highest BCUT2D eigenvalue weighted by Crippen LogP contribution is 2.41. The van der Waals surface area contributed by atoms with Crippen LogP contribution < -0.4 is 5.32 Å². The van der Waals surface area contributed by atoms with Gasteiger partial charge in [0.15, 0.2) is 0 Å². The Morgan fingerprint density at radius 3 is 2.82 bits per heavy atom. The van der Waals surface area contributed by atoms with Gasteiger partial charge >= 0.3 is 0 Å². The van der Waals surface area contributed by atoms with Gasteiger partial charge in [-0.3, -0.25) is 0 Å². The van der Waals surface area contributed by atoms with Crippen molar-refractivity contribution in [2.45, 2.75) is 44.2 Å². The molecule has 1 saturated heterocycles. The van der Waals surface area contributed by atoms with Gasteiger partial charge in [0.25, 0.3) is 0 Å². The van der Waals surface area contributed by atoms with E-state index in [2.05, 4.69) is 43.4 Å². The molecule has 0 amide bonds. The highest BCUT2D eigenvalue weighted by Gasteiger charge is 2.39. The summed E-state index contributed by atoms with van der Waals surface area (Å²) in [5.41, 5.74) is 3.36. The molecule has 2 nitrogen and oxygen atoms in total. The number of hydrogen-bond donors (Lipinski definition) is 1. The van der Waals surface area contributed by atoms with E-state index in [0.29, 0.717) is 12.1 Å². The first kappa shape index (κ1) is 11.2. The zero-order valence-electron chi connectivity index (χ0n) is 10.7. The Morgan fingerprint density at radius 2 is 2.12 bits per heavy atom. The summed E-state index contributed by atoms with van der Waals surface area (Å²) in [4.78, 5) is 0. The molecule has 1 heterocycles. The van der Waals surface area contributed by atoms with Crippen molar-refractivity contribution < 1.29 is 4.74 Å². The molecule has 1 aromatic carbocycles. The van der Waals surface area contributed by atoms with Crippen LogP contribution in [0.15, 0.2) is 24.3 Å². The minimum Gasteiger partial charge on any atom is -0.378 e. The maximum atomic E-state index is 5.24. The van der Waals surface area contributed by atoms with Crippen molar-refractivity contribution in [3.8, 4) is 0 Å². The Bertz CT molecular complexity index is 413. The summed E-state index contributed by atoms with van der Waals surface area (Å²) in [6.45, 7) is 6.47. The fraction of sp³-hybridized carbons (Fsp3) is 0.600. The molecule has 3 rings (SSSR count). The Labute approximate surface area is 103 Å². The highest BCUT2D eigenvalue weighted by molar-refractivity contribution is 5.40. The number of fused-ring (bicyclic) bond motifs is 1. The zero-order chi connectivity index (χ0) is 11.9. The number of rotatable bonds is 3. The molecule has 17 heavy (non-hydrogen) atoms. The number of benzene rings is 1. The summed E-state index contributed by atoms with van der Waals surface area (Å²) in [5.74, 6) is 0. The molecule has 2 aliphatic rings. The van der Waals surface area contributed by atoms with E-state index in [0.717, 1.165) is 13.2 Å². The second kappa shape index (κ2) is 4.11. The second-order valence-corrected chi connectivity index (χ2v) is 5.70. The molecule has 0 radical (unpaired) electrons. The maximum Gasteiger partial charge on any atom is 0.0643 e. The van der Waals surface area contributed by atoms with Crippen LogP contribution in [0.4, 0.5) is 0 Å². The summed E-state index contributed by atoms with van der Waals surface area (Å²) in [6, 6.07) is 9.98. The first-order valence-electron chi connectivity index (χ1n) is 6.62. The molecule has 0 spiro atoms. The minimum absolute atomic E-state index is 0.284. The van der Waals surface area contributed by atoms with Crippen molar-refractivity contribution in [2.75, 3.05) is 13.2 Å². The van der Waals surface area contributed by atoms with Gasteiger partial charge < -0.3 is 10.1 Å². The predicted octanol–water partition coefficient (Wildman–Crippen LogP) is 2.27. The molecule has 0 aromatic heterocycles. The zero-order valence-corrected chi connectivity index (χ0v) is 10.7. The van der Waals surface area contributed by atoms with Crippen LogP contribution >= 0.6 is 0 Å². The van der Waals surface area contributed by atoms with Crippen LogP contribution in [-0.4, -0.2) is 25.3 Å². The van der Waals surface area contributed by atoms with Gasteiger partial charge in [-0.2, -0.15) is 0 Å². The van der Waals surface area contributed by atoms with E-state index in [1.807, 2.05) is 0 Å². The quantitative estimate of drug-likeness (QED) is 0.861. The topological polar surface area (TPSA) is 21.3 Å². The molecule has 2 heteroatoms. The molecule has 2 atom stereocenters. The fourth-order valence-electron chi connectivity index (χ4n) is 3.14. The molecule has 1 N–H and O–H groups in total. The smallest absolute Gasteiger partial charge is 0.0643 e. The lowest BCUT2D eigenvalue weighted by atomic mass is 9.77. The summed E-state index contributed by atoms with van der Waals surface area (Å²) in [6.07, 6.45) is 2.48. The first-order valence-corrected chi connectivity index (χ1v) is 6.62. The van der Waals surface area contributed by atoms with E-state index in [-0.39, 0.29) is 5.41 Å². The van der Waals surface area contributed by atoms with Gasteiger partial charge in [0.1, 0.15) is 0 Å². The van der Waals surface area contributed by atoms with E-state index in [4.69, 9.17) is 4.74 Å². The molecule has 1 aliphatic carbocycles. The molecule has 2 unspecified atom stereocenters. The summed E-state index contributed by atoms with van der Waals surface area (Å²) < 4.78 is 5.24. The van der Waals surface area contributed by atoms with Crippen LogP contribution in [0.25, 0.3) is 0 Å². The number of ether oxygens (including phenoxy) is 1. The third-order valence-corrected chi connectivity index (χ3v) is 4.63. The molecule has 1 fully saturated rings. The van der Waals surface area contributed by atoms with Gasteiger partial charge in [-0.05, 0) is 30.9 Å². The van der Waals surface area contributed by atoms with E-state index >= 15 is 0 Å². The SMILES string of the molecule is CC(NC1COC1)C1(C)CCc2ccccc21. The minimum atomic E-state index is 0.284. The van der Waals surface area contributed by atoms with Crippen LogP contribution in [0.3, 0.4) is 0 Å². The summed E-state index contributed by atoms with van der Waals surface area (Å²) in [7, 11) is 0. The van der Waals surface area contributed by atoms with E-state index in [9.17, 15) is 0 Å².